The summed E-state index contributed by atoms with van der Waals surface area (Å²) < 4.78 is 0. The molecule has 0 aromatic carbocycles. The van der Waals surface area contributed by atoms with Gasteiger partial charge in [0.25, 0.3) is 0 Å². The van der Waals surface area contributed by atoms with E-state index in [1.807, 2.05) is 0 Å². The standard InChI is InChI=1S/C20H36N6O8/c1-8(2)14(22)18(31)26-16(10(5)27)19(32)24-11(6-12(21)28)17(30)23-7-13(29)25-15(9(3)4)20(33)34/h8-11,14-16,27H,6-7,22H2,1-5H3,(H2,21,28)(H,23,30)(H,24,32)(H,25,29)(H,26,31)(H,33,34)/t10-,11+,14+,15+,16+/m1/s1. The van der Waals surface area contributed by atoms with E-state index in [4.69, 9.17) is 16.6 Å². The molecule has 0 aromatic heterocycles. The zero-order valence-corrected chi connectivity index (χ0v) is 20.0. The maximum atomic E-state index is 12.6. The number of hydrogen-bond acceptors (Lipinski definition) is 8. The highest BCUT2D eigenvalue weighted by atomic mass is 16.4. The molecule has 0 saturated heterocycles. The molecule has 0 aromatic rings. The van der Waals surface area contributed by atoms with Crippen LogP contribution >= 0.6 is 0 Å². The van der Waals surface area contributed by atoms with E-state index in [1.165, 1.54) is 6.92 Å². The molecule has 10 N–H and O–H groups in total. The summed E-state index contributed by atoms with van der Waals surface area (Å²) in [6.45, 7) is 7.13. The third-order valence-corrected chi connectivity index (χ3v) is 4.79. The van der Waals surface area contributed by atoms with E-state index < -0.39 is 84.7 Å². The summed E-state index contributed by atoms with van der Waals surface area (Å²) in [6, 6.07) is -5.17. The highest BCUT2D eigenvalue weighted by Gasteiger charge is 2.32. The highest BCUT2D eigenvalue weighted by Crippen LogP contribution is 2.03. The summed E-state index contributed by atoms with van der Waals surface area (Å²) in [4.78, 5) is 71.9. The van der Waals surface area contributed by atoms with E-state index in [0.717, 1.165) is 0 Å². The van der Waals surface area contributed by atoms with Crippen molar-refractivity contribution in [1.82, 2.24) is 21.3 Å². The lowest BCUT2D eigenvalue weighted by Gasteiger charge is -2.26. The Balaban J connectivity index is 5.28. The van der Waals surface area contributed by atoms with Crippen molar-refractivity contribution >= 4 is 35.5 Å². The predicted molar refractivity (Wildman–Crippen MR) is 120 cm³/mol. The van der Waals surface area contributed by atoms with Gasteiger partial charge in [-0.2, -0.15) is 0 Å². The number of carboxylic acids is 1. The van der Waals surface area contributed by atoms with Crippen LogP contribution in [0.1, 0.15) is 41.0 Å². The van der Waals surface area contributed by atoms with Crippen molar-refractivity contribution < 1.29 is 39.0 Å². The molecule has 0 aliphatic heterocycles. The van der Waals surface area contributed by atoms with Crippen molar-refractivity contribution in [2.75, 3.05) is 6.54 Å². The lowest BCUT2D eigenvalue weighted by atomic mass is 10.0. The molecular weight excluding hydrogens is 452 g/mol. The Bertz CT molecular complexity index is 770. The van der Waals surface area contributed by atoms with Gasteiger partial charge in [0.15, 0.2) is 0 Å². The fourth-order valence-electron chi connectivity index (χ4n) is 2.66. The first-order chi connectivity index (χ1) is 15.6. The number of aliphatic hydroxyl groups is 1. The first-order valence-corrected chi connectivity index (χ1v) is 10.7. The molecular formula is C20H36N6O8. The third kappa shape index (κ3) is 10.6. The first kappa shape index (κ1) is 30.7. The molecule has 34 heavy (non-hydrogen) atoms. The number of amides is 5. The van der Waals surface area contributed by atoms with E-state index in [0.29, 0.717) is 0 Å². The van der Waals surface area contributed by atoms with Gasteiger partial charge < -0.3 is 42.9 Å². The molecule has 0 aliphatic rings. The number of aliphatic hydroxyl groups excluding tert-OH is 1. The summed E-state index contributed by atoms with van der Waals surface area (Å²) in [7, 11) is 0. The van der Waals surface area contributed by atoms with Crippen LogP contribution in [0.5, 0.6) is 0 Å². The maximum absolute atomic E-state index is 12.6. The van der Waals surface area contributed by atoms with Crippen molar-refractivity contribution in [3.8, 4) is 0 Å². The SMILES string of the molecule is CC(C)[C@H](N)C(=O)N[C@H](C(=O)N[C@@H](CC(N)=O)C(=O)NCC(=O)N[C@H](C(=O)O)C(C)C)[C@@H](C)O. The van der Waals surface area contributed by atoms with Gasteiger partial charge in [-0.1, -0.05) is 27.7 Å². The Hall–Kier alpha value is -3.26. The second kappa shape index (κ2) is 14.1. The largest absolute Gasteiger partial charge is 0.480 e. The lowest BCUT2D eigenvalue weighted by Crippen LogP contribution is -2.60. The van der Waals surface area contributed by atoms with Gasteiger partial charge in [-0.15, -0.1) is 0 Å². The van der Waals surface area contributed by atoms with Gasteiger partial charge >= 0.3 is 5.97 Å². The number of rotatable bonds is 14. The molecule has 0 bridgehead atoms. The van der Waals surface area contributed by atoms with E-state index in [9.17, 15) is 33.9 Å². The summed E-state index contributed by atoms with van der Waals surface area (Å²) in [5, 5.41) is 28.0. The van der Waals surface area contributed by atoms with Gasteiger partial charge in [-0.05, 0) is 18.8 Å². The number of primary amides is 1. The van der Waals surface area contributed by atoms with Crippen LogP contribution < -0.4 is 32.7 Å². The number of carbonyl (C=O) groups is 6. The molecule has 0 heterocycles. The van der Waals surface area contributed by atoms with E-state index >= 15 is 0 Å². The zero-order valence-electron chi connectivity index (χ0n) is 20.0. The number of aliphatic carboxylic acids is 1. The normalized spacial score (nSPS) is 15.4. The van der Waals surface area contributed by atoms with Gasteiger partial charge in [-0.25, -0.2) is 4.79 Å². The van der Waals surface area contributed by atoms with Gasteiger partial charge in [0.05, 0.1) is 25.1 Å². The molecule has 0 aliphatic carbocycles. The molecule has 5 amide bonds. The molecule has 194 valence electrons. The van der Waals surface area contributed by atoms with Crippen molar-refractivity contribution in [3.63, 3.8) is 0 Å². The van der Waals surface area contributed by atoms with Crippen LogP contribution in [0.25, 0.3) is 0 Å². The fraction of sp³-hybridized carbons (Fsp3) is 0.700. The summed E-state index contributed by atoms with van der Waals surface area (Å²) in [5.74, 6) is -6.35. The third-order valence-electron chi connectivity index (χ3n) is 4.79. The van der Waals surface area contributed by atoms with Crippen molar-refractivity contribution in [1.29, 1.82) is 0 Å². The van der Waals surface area contributed by atoms with Crippen LogP contribution in [0.4, 0.5) is 0 Å². The molecule has 0 radical (unpaired) electrons. The minimum absolute atomic E-state index is 0.256. The summed E-state index contributed by atoms with van der Waals surface area (Å²) in [6.07, 6.45) is -2.02. The van der Waals surface area contributed by atoms with Crippen LogP contribution in [0, 0.1) is 11.8 Å². The van der Waals surface area contributed by atoms with Crippen molar-refractivity contribution in [3.05, 3.63) is 0 Å². The Morgan fingerprint density at radius 3 is 1.76 bits per heavy atom. The van der Waals surface area contributed by atoms with E-state index in [1.54, 1.807) is 27.7 Å². The van der Waals surface area contributed by atoms with Crippen LogP contribution in [0.3, 0.4) is 0 Å². The average molecular weight is 489 g/mol. The summed E-state index contributed by atoms with van der Waals surface area (Å²) >= 11 is 0. The Morgan fingerprint density at radius 2 is 1.35 bits per heavy atom. The van der Waals surface area contributed by atoms with Gasteiger partial charge in [0, 0.05) is 0 Å². The smallest absolute Gasteiger partial charge is 0.326 e. The fourth-order valence-corrected chi connectivity index (χ4v) is 2.66. The maximum Gasteiger partial charge on any atom is 0.326 e. The topological polar surface area (TPSA) is 243 Å². The number of nitrogens with two attached hydrogens (primary N) is 2. The monoisotopic (exact) mass is 488 g/mol. The van der Waals surface area contributed by atoms with Crippen LogP contribution in [0.15, 0.2) is 0 Å². The molecule has 14 nitrogen and oxygen atoms in total. The van der Waals surface area contributed by atoms with E-state index in [2.05, 4.69) is 21.3 Å². The molecule has 0 spiro atoms. The lowest BCUT2D eigenvalue weighted by molar-refractivity contribution is -0.143. The van der Waals surface area contributed by atoms with Gasteiger partial charge in [-0.3, -0.25) is 24.0 Å². The first-order valence-electron chi connectivity index (χ1n) is 10.7. The molecule has 0 unspecified atom stereocenters. The van der Waals surface area contributed by atoms with Crippen LogP contribution in [0.2, 0.25) is 0 Å². The average Bonchev–Trinajstić information content (AvgIpc) is 2.71. The van der Waals surface area contributed by atoms with E-state index in [-0.39, 0.29) is 5.92 Å². The van der Waals surface area contributed by atoms with Gasteiger partial charge in [0.2, 0.25) is 29.5 Å². The van der Waals surface area contributed by atoms with Crippen LogP contribution in [-0.2, 0) is 28.8 Å². The number of hydrogen-bond donors (Lipinski definition) is 8. The minimum Gasteiger partial charge on any atom is -0.480 e. The highest BCUT2D eigenvalue weighted by molar-refractivity contribution is 5.96. The Morgan fingerprint density at radius 1 is 0.794 bits per heavy atom. The predicted octanol–water partition coefficient (Wildman–Crippen LogP) is -3.46. The molecule has 0 saturated carbocycles. The van der Waals surface area contributed by atoms with Crippen LogP contribution in [-0.4, -0.2) is 82.5 Å². The molecule has 0 rings (SSSR count). The summed E-state index contributed by atoms with van der Waals surface area (Å²) in [5.41, 5.74) is 10.9. The Kier molecular flexibility index (Phi) is 12.7. The minimum atomic E-state index is -1.53. The molecule has 5 atom stereocenters. The number of nitrogens with one attached hydrogen (secondary N) is 4. The van der Waals surface area contributed by atoms with Crippen molar-refractivity contribution in [2.24, 2.45) is 23.3 Å². The molecule has 14 heteroatoms. The quantitative estimate of drug-likeness (QED) is 0.121. The number of carboxylic acid groups (broad SMARTS) is 1. The zero-order chi connectivity index (χ0) is 26.7. The Labute approximate surface area is 197 Å². The van der Waals surface area contributed by atoms with Crippen molar-refractivity contribution in [2.45, 2.75) is 71.3 Å². The second-order valence-corrected chi connectivity index (χ2v) is 8.57. The second-order valence-electron chi connectivity index (χ2n) is 8.57. The van der Waals surface area contributed by atoms with Gasteiger partial charge in [0.1, 0.15) is 18.1 Å². The number of carbonyl (C=O) groups excluding carboxylic acids is 5. The molecule has 0 fully saturated rings.